The van der Waals surface area contributed by atoms with Crippen molar-refractivity contribution in [2.75, 3.05) is 18.8 Å². The van der Waals surface area contributed by atoms with Crippen LogP contribution in [0, 0.1) is 0 Å². The summed E-state index contributed by atoms with van der Waals surface area (Å²) in [6, 6.07) is 15.6. The zero-order valence-electron chi connectivity index (χ0n) is 18.4. The third kappa shape index (κ3) is 4.51. The molecule has 0 saturated carbocycles. The fraction of sp³-hybridized carbons (Fsp3) is 0.292. The molecule has 2 unspecified atom stereocenters. The van der Waals surface area contributed by atoms with E-state index in [-0.39, 0.29) is 23.9 Å². The van der Waals surface area contributed by atoms with Gasteiger partial charge in [0.1, 0.15) is 0 Å². The molecule has 0 spiro atoms. The molecule has 3 heterocycles. The molecule has 1 saturated heterocycles. The lowest BCUT2D eigenvalue weighted by molar-refractivity contribution is -0.140. The Morgan fingerprint density at radius 1 is 1.12 bits per heavy atom. The maximum atomic E-state index is 12.9. The number of carbonyl (C=O) groups is 1. The quantitative estimate of drug-likeness (QED) is 0.414. The lowest BCUT2D eigenvalue weighted by Crippen LogP contribution is -2.48. The molecule has 5 rings (SSSR count). The third-order valence-corrected chi connectivity index (χ3v) is 6.81. The standard InChI is InChI=1S/C24H24ClN5O2S/c1-15-12-29(13-16(2)32-15)22(31)14-33-24-28-27-23(30(24)18-9-7-17(25)8-10-18)20-11-26-21-6-4-3-5-19(20)21/h3-11,15-16,26H,12-14H2,1-2H3. The van der Waals surface area contributed by atoms with Crippen molar-refractivity contribution in [3.63, 3.8) is 0 Å². The second-order valence-corrected chi connectivity index (χ2v) is 9.59. The van der Waals surface area contributed by atoms with Crippen molar-refractivity contribution in [2.24, 2.45) is 0 Å². The fourth-order valence-corrected chi connectivity index (χ4v) is 5.20. The molecule has 33 heavy (non-hydrogen) atoms. The zero-order valence-corrected chi connectivity index (χ0v) is 19.9. The van der Waals surface area contributed by atoms with Crippen LogP contribution in [0.2, 0.25) is 5.02 Å². The summed E-state index contributed by atoms with van der Waals surface area (Å²) in [5.41, 5.74) is 2.85. The molecule has 1 aliphatic rings. The van der Waals surface area contributed by atoms with Gasteiger partial charge in [-0.25, -0.2) is 0 Å². The van der Waals surface area contributed by atoms with Crippen LogP contribution in [0.25, 0.3) is 28.0 Å². The normalized spacial score (nSPS) is 18.7. The maximum Gasteiger partial charge on any atom is 0.233 e. The Labute approximate surface area is 201 Å². The van der Waals surface area contributed by atoms with Crippen molar-refractivity contribution in [3.05, 3.63) is 59.8 Å². The summed E-state index contributed by atoms with van der Waals surface area (Å²) < 4.78 is 7.74. The Morgan fingerprint density at radius 2 is 1.85 bits per heavy atom. The molecule has 1 amide bonds. The highest BCUT2D eigenvalue weighted by molar-refractivity contribution is 7.99. The van der Waals surface area contributed by atoms with Crippen LogP contribution in [0.1, 0.15) is 13.8 Å². The van der Waals surface area contributed by atoms with Crippen molar-refractivity contribution in [3.8, 4) is 17.1 Å². The Morgan fingerprint density at radius 3 is 2.61 bits per heavy atom. The number of para-hydroxylation sites is 1. The first kappa shape index (κ1) is 22.0. The van der Waals surface area contributed by atoms with Crippen molar-refractivity contribution >= 4 is 40.2 Å². The van der Waals surface area contributed by atoms with E-state index in [4.69, 9.17) is 16.3 Å². The number of benzene rings is 2. The molecular formula is C24H24ClN5O2S. The zero-order chi connectivity index (χ0) is 22.9. The number of aromatic nitrogens is 4. The first-order valence-corrected chi connectivity index (χ1v) is 12.2. The number of hydrogen-bond acceptors (Lipinski definition) is 5. The Balaban J connectivity index is 1.47. The number of ether oxygens (including phenoxy) is 1. The number of halogens is 1. The number of fused-ring (bicyclic) bond motifs is 1. The second kappa shape index (κ2) is 9.21. The Kier molecular flexibility index (Phi) is 6.14. The van der Waals surface area contributed by atoms with E-state index in [1.807, 2.05) is 72.0 Å². The van der Waals surface area contributed by atoms with Crippen LogP contribution in [0.4, 0.5) is 0 Å². The molecule has 0 radical (unpaired) electrons. The van der Waals surface area contributed by atoms with Gasteiger partial charge in [0.25, 0.3) is 0 Å². The van der Waals surface area contributed by atoms with Crippen molar-refractivity contribution < 1.29 is 9.53 Å². The average molecular weight is 482 g/mol. The van der Waals surface area contributed by atoms with Crippen LogP contribution in [-0.2, 0) is 9.53 Å². The Hall–Kier alpha value is -2.81. The molecule has 4 aromatic rings. The lowest BCUT2D eigenvalue weighted by atomic mass is 10.1. The molecule has 0 bridgehead atoms. The molecule has 2 atom stereocenters. The number of hydrogen-bond donors (Lipinski definition) is 1. The number of rotatable bonds is 5. The third-order valence-electron chi connectivity index (χ3n) is 5.65. The molecule has 2 aromatic carbocycles. The van der Waals surface area contributed by atoms with E-state index in [0.29, 0.717) is 29.1 Å². The van der Waals surface area contributed by atoms with Gasteiger partial charge in [0.15, 0.2) is 11.0 Å². The molecule has 7 nitrogen and oxygen atoms in total. The second-order valence-electron chi connectivity index (χ2n) is 8.21. The average Bonchev–Trinajstić information content (AvgIpc) is 3.41. The predicted molar refractivity (Wildman–Crippen MR) is 131 cm³/mol. The largest absolute Gasteiger partial charge is 0.372 e. The Bertz CT molecular complexity index is 1280. The number of aromatic amines is 1. The van der Waals surface area contributed by atoms with E-state index in [9.17, 15) is 4.79 Å². The summed E-state index contributed by atoms with van der Waals surface area (Å²) in [4.78, 5) is 18.1. The molecule has 170 valence electrons. The summed E-state index contributed by atoms with van der Waals surface area (Å²) in [5, 5.41) is 11.3. The van der Waals surface area contributed by atoms with Crippen molar-refractivity contribution in [1.29, 1.82) is 0 Å². The number of morpholine rings is 1. The van der Waals surface area contributed by atoms with E-state index in [0.717, 1.165) is 22.2 Å². The number of amides is 1. The van der Waals surface area contributed by atoms with Gasteiger partial charge >= 0.3 is 0 Å². The predicted octanol–water partition coefficient (Wildman–Crippen LogP) is 4.80. The number of carbonyl (C=O) groups excluding carboxylic acids is 1. The van der Waals surface area contributed by atoms with Gasteiger partial charge in [0, 0.05) is 46.5 Å². The molecule has 1 fully saturated rings. The summed E-state index contributed by atoms with van der Waals surface area (Å²) >= 11 is 7.52. The van der Waals surface area contributed by atoms with Crippen LogP contribution in [-0.4, -0.2) is 61.6 Å². The minimum Gasteiger partial charge on any atom is -0.372 e. The highest BCUT2D eigenvalue weighted by atomic mass is 35.5. The van der Waals surface area contributed by atoms with E-state index in [2.05, 4.69) is 21.2 Å². The van der Waals surface area contributed by atoms with Gasteiger partial charge in [0.05, 0.1) is 18.0 Å². The molecule has 0 aliphatic carbocycles. The van der Waals surface area contributed by atoms with Gasteiger partial charge in [-0.05, 0) is 44.2 Å². The first-order chi connectivity index (χ1) is 16.0. The molecule has 1 aliphatic heterocycles. The molecule has 9 heteroatoms. The van der Waals surface area contributed by atoms with Gasteiger partial charge in [-0.2, -0.15) is 0 Å². The highest BCUT2D eigenvalue weighted by Gasteiger charge is 2.27. The summed E-state index contributed by atoms with van der Waals surface area (Å²) in [5.74, 6) is 1.05. The van der Waals surface area contributed by atoms with Gasteiger partial charge in [-0.3, -0.25) is 9.36 Å². The minimum absolute atomic E-state index is 0.0360. The van der Waals surface area contributed by atoms with E-state index in [1.165, 1.54) is 11.8 Å². The maximum absolute atomic E-state index is 12.9. The monoisotopic (exact) mass is 481 g/mol. The molecular weight excluding hydrogens is 458 g/mol. The summed E-state index contributed by atoms with van der Waals surface area (Å²) in [6.07, 6.45) is 2.01. The van der Waals surface area contributed by atoms with Crippen molar-refractivity contribution in [2.45, 2.75) is 31.2 Å². The van der Waals surface area contributed by atoms with Crippen LogP contribution >= 0.6 is 23.4 Å². The fourth-order valence-electron chi connectivity index (χ4n) is 4.22. The van der Waals surface area contributed by atoms with Crippen LogP contribution in [0.5, 0.6) is 0 Å². The van der Waals surface area contributed by atoms with Gasteiger partial charge in [-0.15, -0.1) is 10.2 Å². The van der Waals surface area contributed by atoms with Crippen LogP contribution in [0.3, 0.4) is 0 Å². The lowest BCUT2D eigenvalue weighted by Gasteiger charge is -2.35. The topological polar surface area (TPSA) is 76.0 Å². The summed E-state index contributed by atoms with van der Waals surface area (Å²) in [6.45, 7) is 5.20. The first-order valence-electron chi connectivity index (χ1n) is 10.8. The highest BCUT2D eigenvalue weighted by Crippen LogP contribution is 2.33. The SMILES string of the molecule is CC1CN(C(=O)CSc2nnc(-c3c[nH]c4ccccc34)n2-c2ccc(Cl)cc2)CC(C)O1. The minimum atomic E-state index is 0.0360. The van der Waals surface area contributed by atoms with Gasteiger partial charge in [-0.1, -0.05) is 41.6 Å². The number of nitrogens with one attached hydrogen (secondary N) is 1. The van der Waals surface area contributed by atoms with E-state index < -0.39 is 0 Å². The van der Waals surface area contributed by atoms with Crippen LogP contribution in [0.15, 0.2) is 59.9 Å². The van der Waals surface area contributed by atoms with Gasteiger partial charge < -0.3 is 14.6 Å². The summed E-state index contributed by atoms with van der Waals surface area (Å²) in [7, 11) is 0. The van der Waals surface area contributed by atoms with Gasteiger partial charge in [0.2, 0.25) is 5.91 Å². The number of nitrogens with zero attached hydrogens (tertiary/aromatic N) is 4. The smallest absolute Gasteiger partial charge is 0.233 e. The molecule has 2 aromatic heterocycles. The number of thioether (sulfide) groups is 1. The van der Waals surface area contributed by atoms with E-state index in [1.54, 1.807) is 0 Å². The number of H-pyrrole nitrogens is 1. The van der Waals surface area contributed by atoms with Crippen LogP contribution < -0.4 is 0 Å². The molecule has 1 N–H and O–H groups in total. The van der Waals surface area contributed by atoms with Crippen molar-refractivity contribution in [1.82, 2.24) is 24.6 Å². The van der Waals surface area contributed by atoms with E-state index >= 15 is 0 Å².